The zero-order chi connectivity index (χ0) is 15.9. The summed E-state index contributed by atoms with van der Waals surface area (Å²) in [5.74, 6) is 3.04. The van der Waals surface area contributed by atoms with Crippen molar-refractivity contribution in [3.63, 3.8) is 0 Å². The Hall–Kier alpha value is -2.99. The number of anilines is 1. The predicted molar refractivity (Wildman–Crippen MR) is 89.8 cm³/mol. The Labute approximate surface area is 130 Å². The molecule has 0 aliphatic rings. The Kier molecular flexibility index (Phi) is 5.00. The highest BCUT2D eigenvalue weighted by Crippen LogP contribution is 2.21. The molecule has 0 aromatic heterocycles. The lowest BCUT2D eigenvalue weighted by Gasteiger charge is -2.06. The average Bonchev–Trinajstić information content (AvgIpc) is 2.53. The van der Waals surface area contributed by atoms with Crippen molar-refractivity contribution in [2.24, 2.45) is 0 Å². The molecule has 0 saturated carbocycles. The van der Waals surface area contributed by atoms with Gasteiger partial charge < -0.3 is 10.1 Å². The van der Waals surface area contributed by atoms with Crippen LogP contribution in [-0.4, -0.2) is 13.0 Å². The van der Waals surface area contributed by atoms with Crippen molar-refractivity contribution >= 4 is 17.7 Å². The van der Waals surface area contributed by atoms with Crippen molar-refractivity contribution in [1.29, 1.82) is 0 Å². The van der Waals surface area contributed by atoms with Gasteiger partial charge in [0, 0.05) is 22.9 Å². The van der Waals surface area contributed by atoms with Crippen LogP contribution in [0, 0.1) is 19.3 Å². The van der Waals surface area contributed by atoms with E-state index in [1.165, 1.54) is 6.08 Å². The van der Waals surface area contributed by atoms with Gasteiger partial charge in [0.25, 0.3) is 0 Å². The molecular formula is C19H17NO2. The highest BCUT2D eigenvalue weighted by molar-refractivity contribution is 6.02. The highest BCUT2D eigenvalue weighted by Gasteiger charge is 2.02. The first kappa shape index (κ1) is 15.4. The van der Waals surface area contributed by atoms with E-state index in [0.717, 1.165) is 22.4 Å². The summed E-state index contributed by atoms with van der Waals surface area (Å²) in [6.45, 7) is 1.99. The highest BCUT2D eigenvalue weighted by atomic mass is 16.5. The van der Waals surface area contributed by atoms with Crippen molar-refractivity contribution in [2.75, 3.05) is 12.4 Å². The maximum Gasteiger partial charge on any atom is 0.248 e. The number of hydrogen-bond acceptors (Lipinski definition) is 2. The molecule has 1 N–H and O–H groups in total. The fraction of sp³-hybridized carbons (Fsp3) is 0.105. The molecule has 0 fully saturated rings. The monoisotopic (exact) mass is 291 g/mol. The van der Waals surface area contributed by atoms with Crippen LogP contribution in [0.3, 0.4) is 0 Å². The topological polar surface area (TPSA) is 38.3 Å². The van der Waals surface area contributed by atoms with Crippen molar-refractivity contribution in [3.05, 3.63) is 65.2 Å². The first-order valence-corrected chi connectivity index (χ1v) is 6.83. The van der Waals surface area contributed by atoms with Crippen molar-refractivity contribution in [1.82, 2.24) is 0 Å². The summed E-state index contributed by atoms with van der Waals surface area (Å²) < 4.78 is 5.28. The molecular weight excluding hydrogens is 274 g/mol. The molecule has 0 radical (unpaired) electrons. The van der Waals surface area contributed by atoms with E-state index in [2.05, 4.69) is 11.2 Å². The Morgan fingerprint density at radius 1 is 1.27 bits per heavy atom. The third-order valence-electron chi connectivity index (χ3n) is 3.10. The van der Waals surface area contributed by atoms with E-state index in [1.807, 2.05) is 31.2 Å². The van der Waals surface area contributed by atoms with Crippen LogP contribution in [0.15, 0.2) is 48.5 Å². The normalized spacial score (nSPS) is 10.2. The van der Waals surface area contributed by atoms with Crippen LogP contribution < -0.4 is 10.1 Å². The molecule has 0 bridgehead atoms. The van der Waals surface area contributed by atoms with Gasteiger partial charge in [-0.1, -0.05) is 23.6 Å². The molecule has 0 spiro atoms. The summed E-state index contributed by atoms with van der Waals surface area (Å²) in [4.78, 5) is 12.0. The average molecular weight is 291 g/mol. The molecule has 3 heteroatoms. The van der Waals surface area contributed by atoms with Crippen LogP contribution in [0.1, 0.15) is 16.7 Å². The lowest BCUT2D eigenvalue weighted by molar-refractivity contribution is -0.111. The van der Waals surface area contributed by atoms with Crippen LogP contribution in [0.4, 0.5) is 5.69 Å². The second kappa shape index (κ2) is 7.14. The molecule has 2 aromatic rings. The number of ether oxygens (including phenoxy) is 1. The summed E-state index contributed by atoms with van der Waals surface area (Å²) in [5, 5.41) is 2.78. The second-order valence-electron chi connectivity index (χ2n) is 4.79. The fourth-order valence-corrected chi connectivity index (χ4v) is 2.02. The Morgan fingerprint density at radius 3 is 2.82 bits per heavy atom. The van der Waals surface area contributed by atoms with E-state index in [0.29, 0.717) is 5.69 Å². The van der Waals surface area contributed by atoms with Gasteiger partial charge in [0.15, 0.2) is 0 Å². The maximum absolute atomic E-state index is 12.0. The standard InChI is InChI=1S/C19H17NO2/c1-4-15-6-5-7-17(13-15)20-19(21)11-9-16-12-14(2)8-10-18(16)22-3/h1,5-13H,2-3H3,(H,20,21)/b11-9+. The van der Waals surface area contributed by atoms with Crippen molar-refractivity contribution in [2.45, 2.75) is 6.92 Å². The number of amides is 1. The zero-order valence-electron chi connectivity index (χ0n) is 12.6. The summed E-state index contributed by atoms with van der Waals surface area (Å²) in [6, 6.07) is 13.0. The quantitative estimate of drug-likeness (QED) is 0.690. The molecule has 0 aliphatic carbocycles. The lowest BCUT2D eigenvalue weighted by Crippen LogP contribution is -2.07. The first-order chi connectivity index (χ1) is 10.6. The molecule has 1 amide bonds. The second-order valence-corrected chi connectivity index (χ2v) is 4.79. The minimum Gasteiger partial charge on any atom is -0.496 e. The van der Waals surface area contributed by atoms with Crippen molar-refractivity contribution in [3.8, 4) is 18.1 Å². The molecule has 0 saturated heterocycles. The number of carbonyl (C=O) groups excluding carboxylic acids is 1. The van der Waals surface area contributed by atoms with Gasteiger partial charge in [-0.3, -0.25) is 4.79 Å². The molecule has 3 nitrogen and oxygen atoms in total. The third-order valence-corrected chi connectivity index (χ3v) is 3.10. The Balaban J connectivity index is 2.11. The molecule has 2 aromatic carbocycles. The zero-order valence-corrected chi connectivity index (χ0v) is 12.6. The summed E-state index contributed by atoms with van der Waals surface area (Å²) in [6.07, 6.45) is 8.54. The first-order valence-electron chi connectivity index (χ1n) is 6.83. The lowest BCUT2D eigenvalue weighted by atomic mass is 10.1. The van der Waals surface area contributed by atoms with E-state index < -0.39 is 0 Å². The van der Waals surface area contributed by atoms with E-state index in [4.69, 9.17) is 11.2 Å². The Morgan fingerprint density at radius 2 is 2.09 bits per heavy atom. The van der Waals surface area contributed by atoms with Crippen molar-refractivity contribution < 1.29 is 9.53 Å². The molecule has 22 heavy (non-hydrogen) atoms. The van der Waals surface area contributed by atoms with Gasteiger partial charge >= 0.3 is 0 Å². The molecule has 0 heterocycles. The number of rotatable bonds is 4. The van der Waals surface area contributed by atoms with Gasteiger partial charge in [0.05, 0.1) is 7.11 Å². The van der Waals surface area contributed by atoms with Gasteiger partial charge in [0.2, 0.25) is 5.91 Å². The van der Waals surface area contributed by atoms with E-state index in [-0.39, 0.29) is 5.91 Å². The van der Waals surface area contributed by atoms with Crippen LogP contribution in [0.25, 0.3) is 6.08 Å². The number of hydrogen-bond donors (Lipinski definition) is 1. The van der Waals surface area contributed by atoms with E-state index >= 15 is 0 Å². The summed E-state index contributed by atoms with van der Waals surface area (Å²) in [5.41, 5.74) is 3.35. The molecule has 0 unspecified atom stereocenters. The number of carbonyl (C=O) groups is 1. The van der Waals surface area contributed by atoms with Gasteiger partial charge in [-0.25, -0.2) is 0 Å². The summed E-state index contributed by atoms with van der Waals surface area (Å²) >= 11 is 0. The fourth-order valence-electron chi connectivity index (χ4n) is 2.02. The molecule has 0 atom stereocenters. The van der Waals surface area contributed by atoms with Gasteiger partial charge in [-0.05, 0) is 43.3 Å². The number of methoxy groups -OCH3 is 1. The third kappa shape index (κ3) is 4.00. The minimum absolute atomic E-state index is 0.224. The predicted octanol–water partition coefficient (Wildman–Crippen LogP) is 3.64. The van der Waals surface area contributed by atoms with E-state index in [1.54, 1.807) is 31.4 Å². The van der Waals surface area contributed by atoms with E-state index in [9.17, 15) is 4.79 Å². The SMILES string of the molecule is C#Cc1cccc(NC(=O)/C=C/c2cc(C)ccc2OC)c1. The van der Waals surface area contributed by atoms with Gasteiger partial charge in [-0.15, -0.1) is 6.42 Å². The number of benzene rings is 2. The van der Waals surface area contributed by atoms with Crippen LogP contribution >= 0.6 is 0 Å². The largest absolute Gasteiger partial charge is 0.496 e. The maximum atomic E-state index is 12.0. The molecule has 2 rings (SSSR count). The van der Waals surface area contributed by atoms with Gasteiger partial charge in [0.1, 0.15) is 5.75 Å². The van der Waals surface area contributed by atoms with Crippen LogP contribution in [0.5, 0.6) is 5.75 Å². The molecule has 0 aliphatic heterocycles. The van der Waals surface area contributed by atoms with Gasteiger partial charge in [-0.2, -0.15) is 0 Å². The van der Waals surface area contributed by atoms with Crippen LogP contribution in [0.2, 0.25) is 0 Å². The molecule has 110 valence electrons. The number of terminal acetylenes is 1. The number of aryl methyl sites for hydroxylation is 1. The smallest absolute Gasteiger partial charge is 0.248 e. The minimum atomic E-state index is -0.224. The van der Waals surface area contributed by atoms with Crippen LogP contribution in [-0.2, 0) is 4.79 Å². The Bertz CT molecular complexity index is 754. The number of nitrogens with one attached hydrogen (secondary N) is 1. The summed E-state index contributed by atoms with van der Waals surface area (Å²) in [7, 11) is 1.60.